The maximum Gasteiger partial charge on any atom is 0.186 e. The molecular weight excluding hydrogens is 112 g/mol. The quantitative estimate of drug-likeness (QED) is 0.197. The second-order valence-corrected chi connectivity index (χ2v) is 4.17. The molecule has 0 fully saturated rings. The van der Waals surface area contributed by atoms with Crippen molar-refractivity contribution in [1.82, 2.24) is 4.65 Å². The van der Waals surface area contributed by atoms with E-state index in [1.54, 1.807) is 0 Å². The molecule has 0 aliphatic carbocycles. The summed E-state index contributed by atoms with van der Waals surface area (Å²) in [6.45, 7) is 0. The average molecular weight is 118 g/mol. The van der Waals surface area contributed by atoms with Crippen LogP contribution in [0.1, 0.15) is 0 Å². The zero-order valence-corrected chi connectivity index (χ0v) is 6.96. The first-order valence-corrected chi connectivity index (χ1v) is 3.91. The van der Waals surface area contributed by atoms with E-state index in [2.05, 4.69) is 14.3 Å². The normalized spacial score (nSPS) is 9.33. The Morgan fingerprint density at radius 3 is 2.83 bits per heavy atom. The molecule has 1 N–H and O–H groups in total. The number of hydrogen-bond acceptors (Lipinski definition) is 2. The summed E-state index contributed by atoms with van der Waals surface area (Å²) in [4.78, 5) is 2.57. The highest BCUT2D eigenvalue weighted by molar-refractivity contribution is 6.40. The highest BCUT2D eigenvalue weighted by Crippen LogP contribution is 1.53. The molecule has 0 heterocycles. The SMILES string of the molecule is [N-]=[N+]=N[SiH2]N[SiH3]. The molecule has 0 aliphatic rings. The molecule has 0 saturated heterocycles. The highest BCUT2D eigenvalue weighted by atomic mass is 28.3. The molecule has 0 aliphatic heterocycles. The van der Waals surface area contributed by atoms with Gasteiger partial charge < -0.3 is 4.65 Å². The Labute approximate surface area is 41.0 Å². The van der Waals surface area contributed by atoms with Gasteiger partial charge in [-0.3, -0.25) is 0 Å². The van der Waals surface area contributed by atoms with Crippen LogP contribution in [0.3, 0.4) is 0 Å². The van der Waals surface area contributed by atoms with Gasteiger partial charge >= 0.3 is 0 Å². The van der Waals surface area contributed by atoms with Crippen LogP contribution in [0.4, 0.5) is 0 Å². The van der Waals surface area contributed by atoms with Crippen LogP contribution in [-0.4, -0.2) is 20.2 Å². The first-order chi connectivity index (χ1) is 2.91. The van der Waals surface area contributed by atoms with E-state index >= 15 is 0 Å². The molecule has 0 aromatic carbocycles. The van der Waals surface area contributed by atoms with E-state index in [0.29, 0.717) is 0 Å². The lowest BCUT2D eigenvalue weighted by Crippen LogP contribution is -2.10. The number of azide groups is 1. The van der Waals surface area contributed by atoms with Gasteiger partial charge in [0, 0.05) is 0 Å². The third kappa shape index (κ3) is 3.70. The smallest absolute Gasteiger partial charge is 0.186 e. The molecular formula is H6N4Si2. The van der Waals surface area contributed by atoms with Crippen molar-refractivity contribution in [3.63, 3.8) is 0 Å². The third-order valence-electron chi connectivity index (χ3n) is 0.292. The van der Waals surface area contributed by atoms with Crippen LogP contribution in [0.5, 0.6) is 0 Å². The van der Waals surface area contributed by atoms with E-state index in [4.69, 9.17) is 5.53 Å². The fourth-order valence-electron chi connectivity index (χ4n) is 0.102. The summed E-state index contributed by atoms with van der Waals surface area (Å²) in [5.41, 5.74) is 7.67. The van der Waals surface area contributed by atoms with E-state index in [0.717, 1.165) is 10.4 Å². The van der Waals surface area contributed by atoms with Crippen molar-refractivity contribution in [2.24, 2.45) is 4.78 Å². The van der Waals surface area contributed by atoms with Crippen molar-refractivity contribution in [2.45, 2.75) is 0 Å². The maximum atomic E-state index is 7.67. The summed E-state index contributed by atoms with van der Waals surface area (Å²) in [6, 6.07) is 0. The van der Waals surface area contributed by atoms with Crippen molar-refractivity contribution in [3.05, 3.63) is 10.4 Å². The molecule has 0 rings (SSSR count). The van der Waals surface area contributed by atoms with E-state index < -0.39 is 9.84 Å². The highest BCUT2D eigenvalue weighted by Gasteiger charge is 1.64. The number of nitrogens with one attached hydrogen (secondary N) is 1. The fourth-order valence-corrected chi connectivity index (χ4v) is 0.731. The van der Waals surface area contributed by atoms with E-state index in [-0.39, 0.29) is 0 Å². The molecule has 0 spiro atoms. The average Bonchev–Trinajstić information content (AvgIpc) is 1.61. The van der Waals surface area contributed by atoms with Crippen molar-refractivity contribution in [1.29, 1.82) is 0 Å². The van der Waals surface area contributed by atoms with Gasteiger partial charge in [-0.2, -0.15) is 0 Å². The van der Waals surface area contributed by atoms with Crippen molar-refractivity contribution in [3.8, 4) is 0 Å². The van der Waals surface area contributed by atoms with Crippen molar-refractivity contribution >= 4 is 20.2 Å². The fraction of sp³-hybridized carbons (Fsp3) is 0. The number of rotatable bonds is 2. The molecule has 0 unspecified atom stereocenters. The molecule has 0 atom stereocenters. The minimum atomic E-state index is -0.558. The Bertz CT molecular complexity index is 61.9. The van der Waals surface area contributed by atoms with Crippen molar-refractivity contribution < 1.29 is 0 Å². The molecule has 0 saturated carbocycles. The minimum absolute atomic E-state index is 0.558. The molecule has 6 heavy (non-hydrogen) atoms. The Balaban J connectivity index is 2.86. The second-order valence-electron chi connectivity index (χ2n) is 0.743. The summed E-state index contributed by atoms with van der Waals surface area (Å²) in [5.74, 6) is 0. The monoisotopic (exact) mass is 118 g/mol. The molecule has 0 aromatic rings. The Kier molecular flexibility index (Phi) is 4.47. The molecule has 0 amide bonds. The van der Waals surface area contributed by atoms with Gasteiger partial charge in [0.15, 0.2) is 9.84 Å². The number of hydrogen-bond donors (Lipinski definition) is 1. The third-order valence-corrected chi connectivity index (χ3v) is 1.82. The van der Waals surface area contributed by atoms with Gasteiger partial charge in [-0.1, -0.05) is 0 Å². The van der Waals surface area contributed by atoms with Gasteiger partial charge in [0.05, 0.1) is 10.4 Å². The first-order valence-electron chi connectivity index (χ1n) is 1.57. The first kappa shape index (κ1) is 5.70. The maximum absolute atomic E-state index is 7.67. The summed E-state index contributed by atoms with van der Waals surface area (Å²) in [7, 11) is 0.392. The predicted molar refractivity (Wildman–Crippen MR) is 30.8 cm³/mol. The van der Waals surface area contributed by atoms with Crippen LogP contribution in [0, 0.1) is 0 Å². The zero-order chi connectivity index (χ0) is 4.83. The van der Waals surface area contributed by atoms with Gasteiger partial charge in [-0.15, -0.1) is 4.78 Å². The summed E-state index contributed by atoms with van der Waals surface area (Å²) < 4.78 is 6.26. The van der Waals surface area contributed by atoms with Gasteiger partial charge in [-0.05, 0) is 10.4 Å². The number of nitrogens with zero attached hydrogens (tertiary/aromatic N) is 3. The Morgan fingerprint density at radius 2 is 2.67 bits per heavy atom. The van der Waals surface area contributed by atoms with E-state index in [9.17, 15) is 0 Å². The molecule has 0 radical (unpaired) electrons. The molecule has 0 bridgehead atoms. The Morgan fingerprint density at radius 1 is 2.00 bits per heavy atom. The molecule has 4 nitrogen and oxygen atoms in total. The summed E-state index contributed by atoms with van der Waals surface area (Å²) >= 11 is 0. The van der Waals surface area contributed by atoms with Gasteiger partial charge in [0.1, 0.15) is 0 Å². The van der Waals surface area contributed by atoms with Crippen LogP contribution in [0.15, 0.2) is 4.78 Å². The summed E-state index contributed by atoms with van der Waals surface area (Å²) in [6.07, 6.45) is 0. The topological polar surface area (TPSA) is 60.8 Å². The van der Waals surface area contributed by atoms with Gasteiger partial charge in [-0.25, -0.2) is 0 Å². The lowest BCUT2D eigenvalue weighted by molar-refractivity contribution is 1.53. The predicted octanol–water partition coefficient (Wildman–Crippen LogP) is -1.83. The van der Waals surface area contributed by atoms with Crippen LogP contribution < -0.4 is 4.65 Å². The lowest BCUT2D eigenvalue weighted by Gasteiger charge is -1.76. The molecule has 0 aromatic heterocycles. The van der Waals surface area contributed by atoms with Crippen LogP contribution >= 0.6 is 0 Å². The molecule has 34 valence electrons. The summed E-state index contributed by atoms with van der Waals surface area (Å²) in [5, 5.41) is 0. The van der Waals surface area contributed by atoms with E-state index in [1.807, 2.05) is 0 Å². The largest absolute Gasteiger partial charge is 0.368 e. The van der Waals surface area contributed by atoms with E-state index in [1.165, 1.54) is 0 Å². The van der Waals surface area contributed by atoms with Gasteiger partial charge in [0.2, 0.25) is 0 Å². The zero-order valence-electron chi connectivity index (χ0n) is 3.55. The van der Waals surface area contributed by atoms with Crippen molar-refractivity contribution in [2.75, 3.05) is 0 Å². The standard InChI is InChI=1S/H6N4Si2/c1-2-3-6-4-5/h4H,6H2,5H3. The Hall–Kier alpha value is -0.296. The lowest BCUT2D eigenvalue weighted by atomic mass is 13.0. The van der Waals surface area contributed by atoms with Crippen LogP contribution in [-0.2, 0) is 0 Å². The second kappa shape index (κ2) is 4.70. The van der Waals surface area contributed by atoms with Crippen LogP contribution in [0.25, 0.3) is 10.4 Å². The van der Waals surface area contributed by atoms with Crippen LogP contribution in [0.2, 0.25) is 0 Å². The molecule has 6 heteroatoms. The minimum Gasteiger partial charge on any atom is -0.368 e. The van der Waals surface area contributed by atoms with Gasteiger partial charge in [0.25, 0.3) is 0 Å².